The van der Waals surface area contributed by atoms with Crippen molar-refractivity contribution in [1.29, 1.82) is 0 Å². The fourth-order valence-corrected chi connectivity index (χ4v) is 2.13. The molecule has 0 aromatic carbocycles. The number of rotatable bonds is 4. The molecule has 2 aromatic heterocycles. The Morgan fingerprint density at radius 1 is 1.44 bits per heavy atom. The molecule has 0 unspecified atom stereocenters. The van der Waals surface area contributed by atoms with Crippen molar-refractivity contribution in [2.24, 2.45) is 5.41 Å². The van der Waals surface area contributed by atoms with E-state index in [0.29, 0.717) is 5.88 Å². The van der Waals surface area contributed by atoms with E-state index in [9.17, 15) is 0 Å². The molecular weight excluding hydrogens is 242 g/mol. The Morgan fingerprint density at radius 3 is 3.00 bits per heavy atom. The summed E-state index contributed by atoms with van der Waals surface area (Å²) in [6, 6.07) is 2.04. The molecule has 86 valence electrons. The van der Waals surface area contributed by atoms with Crippen LogP contribution in [-0.4, -0.2) is 22.4 Å². The van der Waals surface area contributed by atoms with E-state index < -0.39 is 0 Å². The van der Waals surface area contributed by atoms with Crippen LogP contribution in [0.5, 0.6) is 0 Å². The molecule has 0 fully saturated rings. The lowest BCUT2D eigenvalue weighted by Crippen LogP contribution is -2.25. The third-order valence-electron chi connectivity index (χ3n) is 2.36. The van der Waals surface area contributed by atoms with Gasteiger partial charge in [-0.3, -0.25) is 0 Å². The van der Waals surface area contributed by atoms with Crippen LogP contribution in [0, 0.1) is 5.41 Å². The molecule has 0 aliphatic heterocycles. The van der Waals surface area contributed by atoms with E-state index in [0.717, 1.165) is 22.6 Å². The molecule has 5 heteroatoms. The van der Waals surface area contributed by atoms with Crippen LogP contribution in [0.15, 0.2) is 17.8 Å². The predicted octanol–water partition coefficient (Wildman–Crippen LogP) is 3.37. The quantitative estimate of drug-likeness (QED) is 0.852. The topological polar surface area (TPSA) is 37.8 Å². The fourth-order valence-electron chi connectivity index (χ4n) is 1.30. The number of anilines is 1. The SMILES string of the molecule is CC(C)(CCl)CNc1ncnc2sccc12. The zero-order valence-electron chi connectivity index (χ0n) is 9.33. The zero-order chi connectivity index (χ0) is 11.6. The lowest BCUT2D eigenvalue weighted by Gasteiger charge is -2.22. The van der Waals surface area contributed by atoms with Crippen molar-refractivity contribution in [3.63, 3.8) is 0 Å². The van der Waals surface area contributed by atoms with E-state index in [4.69, 9.17) is 11.6 Å². The van der Waals surface area contributed by atoms with Gasteiger partial charge in [-0.15, -0.1) is 22.9 Å². The van der Waals surface area contributed by atoms with Crippen molar-refractivity contribution in [3.05, 3.63) is 17.8 Å². The van der Waals surface area contributed by atoms with Crippen molar-refractivity contribution >= 4 is 39.0 Å². The molecule has 0 saturated heterocycles. The molecule has 0 radical (unpaired) electrons. The molecule has 1 N–H and O–H groups in total. The molecule has 2 aromatic rings. The van der Waals surface area contributed by atoms with Gasteiger partial charge in [0.25, 0.3) is 0 Å². The summed E-state index contributed by atoms with van der Waals surface area (Å²) in [5, 5.41) is 6.44. The molecule has 0 aliphatic rings. The van der Waals surface area contributed by atoms with E-state index in [1.807, 2.05) is 11.4 Å². The summed E-state index contributed by atoms with van der Waals surface area (Å²) in [5.74, 6) is 1.52. The average Bonchev–Trinajstić information content (AvgIpc) is 2.75. The van der Waals surface area contributed by atoms with Crippen molar-refractivity contribution in [1.82, 2.24) is 9.97 Å². The van der Waals surface area contributed by atoms with Crippen molar-refractivity contribution in [2.75, 3.05) is 17.7 Å². The third-order valence-corrected chi connectivity index (χ3v) is 3.90. The lowest BCUT2D eigenvalue weighted by molar-refractivity contribution is 0.450. The lowest BCUT2D eigenvalue weighted by atomic mass is 9.96. The van der Waals surface area contributed by atoms with Crippen molar-refractivity contribution in [3.8, 4) is 0 Å². The number of aromatic nitrogens is 2. The van der Waals surface area contributed by atoms with Gasteiger partial charge in [-0.05, 0) is 16.9 Å². The number of nitrogens with one attached hydrogen (secondary N) is 1. The Labute approximate surface area is 104 Å². The molecule has 0 amide bonds. The van der Waals surface area contributed by atoms with E-state index in [1.165, 1.54) is 0 Å². The number of hydrogen-bond donors (Lipinski definition) is 1. The minimum atomic E-state index is 0.0643. The van der Waals surface area contributed by atoms with Crippen LogP contribution >= 0.6 is 22.9 Å². The van der Waals surface area contributed by atoms with Crippen molar-refractivity contribution < 1.29 is 0 Å². The minimum absolute atomic E-state index is 0.0643. The standard InChI is InChI=1S/C11H14ClN3S/c1-11(2,5-12)6-13-9-8-3-4-16-10(8)15-7-14-9/h3-4,7H,5-6H2,1-2H3,(H,13,14,15). The van der Waals surface area contributed by atoms with Crippen LogP contribution in [0.2, 0.25) is 0 Å². The van der Waals surface area contributed by atoms with Gasteiger partial charge >= 0.3 is 0 Å². The predicted molar refractivity (Wildman–Crippen MR) is 70.4 cm³/mol. The minimum Gasteiger partial charge on any atom is -0.369 e. The monoisotopic (exact) mass is 255 g/mol. The normalized spacial score (nSPS) is 11.9. The van der Waals surface area contributed by atoms with Gasteiger partial charge in [-0.2, -0.15) is 0 Å². The smallest absolute Gasteiger partial charge is 0.138 e. The van der Waals surface area contributed by atoms with Crippen molar-refractivity contribution in [2.45, 2.75) is 13.8 Å². The van der Waals surface area contributed by atoms with Gasteiger partial charge in [0, 0.05) is 12.4 Å². The summed E-state index contributed by atoms with van der Waals surface area (Å²) >= 11 is 7.51. The molecule has 0 saturated carbocycles. The highest BCUT2D eigenvalue weighted by Crippen LogP contribution is 2.25. The summed E-state index contributed by atoms with van der Waals surface area (Å²) in [4.78, 5) is 9.48. The number of thiophene rings is 1. The number of alkyl halides is 1. The largest absolute Gasteiger partial charge is 0.369 e. The second-order valence-electron chi connectivity index (χ2n) is 4.51. The number of fused-ring (bicyclic) bond motifs is 1. The Hall–Kier alpha value is -0.870. The van der Waals surface area contributed by atoms with Gasteiger partial charge in [0.15, 0.2) is 0 Å². The zero-order valence-corrected chi connectivity index (χ0v) is 10.9. The molecule has 0 aliphatic carbocycles. The second kappa shape index (κ2) is 4.55. The first-order valence-corrected chi connectivity index (χ1v) is 6.52. The summed E-state index contributed by atoms with van der Waals surface area (Å²) in [6.07, 6.45) is 1.59. The van der Waals surface area contributed by atoms with Gasteiger partial charge in [0.1, 0.15) is 17.0 Å². The van der Waals surface area contributed by atoms with Crippen LogP contribution < -0.4 is 5.32 Å². The van der Waals surface area contributed by atoms with Crippen LogP contribution in [0.4, 0.5) is 5.82 Å². The summed E-state index contributed by atoms with van der Waals surface area (Å²) in [7, 11) is 0. The van der Waals surface area contributed by atoms with Gasteiger partial charge in [0.05, 0.1) is 5.39 Å². The van der Waals surface area contributed by atoms with E-state index in [1.54, 1.807) is 17.7 Å². The Morgan fingerprint density at radius 2 is 2.25 bits per heavy atom. The maximum absolute atomic E-state index is 5.89. The van der Waals surface area contributed by atoms with E-state index >= 15 is 0 Å². The van der Waals surface area contributed by atoms with Crippen LogP contribution in [-0.2, 0) is 0 Å². The molecule has 2 rings (SSSR count). The molecule has 0 spiro atoms. The number of nitrogens with zero attached hydrogens (tertiary/aromatic N) is 2. The molecule has 2 heterocycles. The molecule has 16 heavy (non-hydrogen) atoms. The number of halogens is 1. The average molecular weight is 256 g/mol. The summed E-state index contributed by atoms with van der Waals surface area (Å²) < 4.78 is 0. The summed E-state index contributed by atoms with van der Waals surface area (Å²) in [6.45, 7) is 5.05. The maximum atomic E-state index is 5.89. The van der Waals surface area contributed by atoms with Gasteiger partial charge < -0.3 is 5.32 Å². The summed E-state index contributed by atoms with van der Waals surface area (Å²) in [5.41, 5.74) is 0.0643. The van der Waals surface area contributed by atoms with Crippen LogP contribution in [0.3, 0.4) is 0 Å². The second-order valence-corrected chi connectivity index (χ2v) is 5.67. The van der Waals surface area contributed by atoms with Gasteiger partial charge in [-0.1, -0.05) is 13.8 Å². The number of hydrogen-bond acceptors (Lipinski definition) is 4. The third kappa shape index (κ3) is 2.44. The van der Waals surface area contributed by atoms with Crippen LogP contribution in [0.1, 0.15) is 13.8 Å². The maximum Gasteiger partial charge on any atom is 0.138 e. The Kier molecular flexibility index (Phi) is 3.30. The molecule has 3 nitrogen and oxygen atoms in total. The van der Waals surface area contributed by atoms with Gasteiger partial charge in [-0.25, -0.2) is 9.97 Å². The van der Waals surface area contributed by atoms with Crippen LogP contribution in [0.25, 0.3) is 10.2 Å². The fraction of sp³-hybridized carbons (Fsp3) is 0.455. The van der Waals surface area contributed by atoms with E-state index in [2.05, 4.69) is 29.1 Å². The molecule has 0 atom stereocenters. The van der Waals surface area contributed by atoms with Gasteiger partial charge in [0.2, 0.25) is 0 Å². The highest BCUT2D eigenvalue weighted by Gasteiger charge is 2.16. The highest BCUT2D eigenvalue weighted by atomic mass is 35.5. The first kappa shape index (κ1) is 11.6. The van der Waals surface area contributed by atoms with E-state index in [-0.39, 0.29) is 5.41 Å². The highest BCUT2D eigenvalue weighted by molar-refractivity contribution is 7.16. The molecule has 0 bridgehead atoms. The first-order valence-electron chi connectivity index (χ1n) is 5.10. The first-order chi connectivity index (χ1) is 7.62. The Balaban J connectivity index is 2.18. The molecular formula is C11H14ClN3S. The Bertz CT molecular complexity index is 481.